The Hall–Kier alpha value is -3.03. The van der Waals surface area contributed by atoms with Gasteiger partial charge in [-0.05, 0) is 55.8 Å². The average Bonchev–Trinajstić information content (AvgIpc) is 2.76. The van der Waals surface area contributed by atoms with Crippen molar-refractivity contribution in [1.29, 1.82) is 0 Å². The first kappa shape index (κ1) is 17.8. The maximum atomic E-state index is 12.5. The molecule has 0 saturated carbocycles. The SMILES string of the molecule is CC1(C)C(=O)Nc2cc(NC(=O)Oc3ccc(C(F)(F)F)cc3)ccc21. The van der Waals surface area contributed by atoms with Crippen molar-refractivity contribution in [1.82, 2.24) is 0 Å². The summed E-state index contributed by atoms with van der Waals surface area (Å²) in [5.74, 6) is -0.164. The lowest BCUT2D eigenvalue weighted by Gasteiger charge is -2.15. The second-order valence-electron chi connectivity index (χ2n) is 6.38. The van der Waals surface area contributed by atoms with Crippen LogP contribution in [0.15, 0.2) is 42.5 Å². The monoisotopic (exact) mass is 364 g/mol. The molecule has 0 aliphatic carbocycles. The lowest BCUT2D eigenvalue weighted by atomic mass is 9.86. The zero-order valence-corrected chi connectivity index (χ0v) is 13.9. The predicted molar refractivity (Wildman–Crippen MR) is 89.2 cm³/mol. The number of fused-ring (bicyclic) bond motifs is 1. The molecule has 2 aromatic rings. The zero-order valence-electron chi connectivity index (χ0n) is 13.9. The van der Waals surface area contributed by atoms with Gasteiger partial charge in [0, 0.05) is 11.4 Å². The number of ether oxygens (including phenoxy) is 1. The Morgan fingerprint density at radius 3 is 2.38 bits per heavy atom. The number of amides is 2. The van der Waals surface area contributed by atoms with Crippen LogP contribution >= 0.6 is 0 Å². The first-order valence-corrected chi connectivity index (χ1v) is 7.69. The Kier molecular flexibility index (Phi) is 4.14. The van der Waals surface area contributed by atoms with E-state index in [1.807, 2.05) is 0 Å². The van der Waals surface area contributed by atoms with E-state index in [1.165, 1.54) is 0 Å². The molecule has 0 radical (unpaired) electrons. The average molecular weight is 364 g/mol. The molecule has 0 atom stereocenters. The lowest BCUT2D eigenvalue weighted by Crippen LogP contribution is -2.26. The van der Waals surface area contributed by atoms with Crippen LogP contribution in [0, 0.1) is 0 Å². The van der Waals surface area contributed by atoms with E-state index in [0.717, 1.165) is 29.8 Å². The summed E-state index contributed by atoms with van der Waals surface area (Å²) in [5.41, 5.74) is 0.298. The van der Waals surface area contributed by atoms with Crippen LogP contribution in [0.25, 0.3) is 0 Å². The van der Waals surface area contributed by atoms with E-state index < -0.39 is 23.2 Å². The molecule has 5 nitrogen and oxygen atoms in total. The van der Waals surface area contributed by atoms with E-state index in [-0.39, 0.29) is 11.7 Å². The molecule has 3 rings (SSSR count). The minimum Gasteiger partial charge on any atom is -0.410 e. The van der Waals surface area contributed by atoms with E-state index >= 15 is 0 Å². The molecule has 0 bridgehead atoms. The number of benzene rings is 2. The van der Waals surface area contributed by atoms with Crippen molar-refractivity contribution in [3.8, 4) is 5.75 Å². The molecule has 0 fully saturated rings. The molecule has 136 valence electrons. The van der Waals surface area contributed by atoms with Gasteiger partial charge in [-0.25, -0.2) is 4.79 Å². The molecule has 1 aliphatic rings. The van der Waals surface area contributed by atoms with Crippen LogP contribution in [0.1, 0.15) is 25.0 Å². The molecular weight excluding hydrogens is 349 g/mol. The summed E-state index contributed by atoms with van der Waals surface area (Å²) in [5, 5.41) is 5.21. The van der Waals surface area contributed by atoms with Crippen molar-refractivity contribution in [3.05, 3.63) is 53.6 Å². The topological polar surface area (TPSA) is 67.4 Å². The van der Waals surface area contributed by atoms with Gasteiger partial charge in [-0.1, -0.05) is 6.07 Å². The highest BCUT2D eigenvalue weighted by molar-refractivity contribution is 6.06. The first-order valence-electron chi connectivity index (χ1n) is 7.69. The molecule has 26 heavy (non-hydrogen) atoms. The highest BCUT2D eigenvalue weighted by Gasteiger charge is 2.38. The van der Waals surface area contributed by atoms with Gasteiger partial charge in [0.2, 0.25) is 5.91 Å². The normalized spacial score (nSPS) is 15.2. The molecule has 2 N–H and O–H groups in total. The zero-order chi connectivity index (χ0) is 19.1. The van der Waals surface area contributed by atoms with Crippen molar-refractivity contribution < 1.29 is 27.5 Å². The van der Waals surface area contributed by atoms with Crippen LogP contribution in [0.2, 0.25) is 0 Å². The van der Waals surface area contributed by atoms with Gasteiger partial charge in [0.25, 0.3) is 0 Å². The van der Waals surface area contributed by atoms with Gasteiger partial charge in [0.1, 0.15) is 5.75 Å². The molecule has 0 unspecified atom stereocenters. The number of nitrogens with one attached hydrogen (secondary N) is 2. The molecule has 0 aromatic heterocycles. The number of carbonyl (C=O) groups is 2. The molecule has 0 saturated heterocycles. The van der Waals surface area contributed by atoms with E-state index in [2.05, 4.69) is 10.6 Å². The molecule has 2 amide bonds. The van der Waals surface area contributed by atoms with Crippen molar-refractivity contribution in [2.24, 2.45) is 0 Å². The molecule has 0 spiro atoms. The quantitative estimate of drug-likeness (QED) is 0.822. The Morgan fingerprint density at radius 2 is 1.77 bits per heavy atom. The van der Waals surface area contributed by atoms with Crippen LogP contribution < -0.4 is 15.4 Å². The number of hydrogen-bond acceptors (Lipinski definition) is 3. The molecule has 8 heteroatoms. The van der Waals surface area contributed by atoms with Crippen molar-refractivity contribution in [3.63, 3.8) is 0 Å². The van der Waals surface area contributed by atoms with E-state index in [1.54, 1.807) is 32.0 Å². The lowest BCUT2D eigenvalue weighted by molar-refractivity contribution is -0.137. The fraction of sp³-hybridized carbons (Fsp3) is 0.222. The largest absolute Gasteiger partial charge is 0.417 e. The fourth-order valence-corrected chi connectivity index (χ4v) is 2.63. The van der Waals surface area contributed by atoms with Crippen LogP contribution in [0.4, 0.5) is 29.3 Å². The van der Waals surface area contributed by atoms with Crippen molar-refractivity contribution in [2.45, 2.75) is 25.4 Å². The number of anilines is 2. The minimum absolute atomic E-state index is 0.0221. The minimum atomic E-state index is -4.45. The maximum Gasteiger partial charge on any atom is 0.417 e. The standard InChI is InChI=1S/C18H15F3N2O3/c1-17(2)13-8-5-11(9-14(13)23-15(17)24)22-16(25)26-12-6-3-10(4-7-12)18(19,20)21/h3-9H,1-2H3,(H,22,25)(H,23,24). The second-order valence-corrected chi connectivity index (χ2v) is 6.38. The summed E-state index contributed by atoms with van der Waals surface area (Å²) in [7, 11) is 0. The van der Waals surface area contributed by atoms with Crippen LogP contribution in [-0.4, -0.2) is 12.0 Å². The number of halogens is 3. The summed E-state index contributed by atoms with van der Waals surface area (Å²) in [6.07, 6.45) is -5.31. The third kappa shape index (κ3) is 3.35. The second kappa shape index (κ2) is 6.05. The number of rotatable bonds is 2. The van der Waals surface area contributed by atoms with Gasteiger partial charge >= 0.3 is 12.3 Å². The number of alkyl halides is 3. The Labute approximate surface area is 147 Å². The van der Waals surface area contributed by atoms with Gasteiger partial charge in [-0.15, -0.1) is 0 Å². The maximum absolute atomic E-state index is 12.5. The third-order valence-corrected chi connectivity index (χ3v) is 4.15. The summed E-state index contributed by atoms with van der Waals surface area (Å²) in [6.45, 7) is 3.58. The summed E-state index contributed by atoms with van der Waals surface area (Å²) < 4.78 is 42.5. The van der Waals surface area contributed by atoms with Gasteiger partial charge in [0.05, 0.1) is 11.0 Å². The van der Waals surface area contributed by atoms with Crippen molar-refractivity contribution in [2.75, 3.05) is 10.6 Å². The van der Waals surface area contributed by atoms with Gasteiger partial charge in [-0.2, -0.15) is 13.2 Å². The molecular formula is C18H15F3N2O3. The molecule has 2 aromatic carbocycles. The number of carbonyl (C=O) groups excluding carboxylic acids is 2. The van der Waals surface area contributed by atoms with Gasteiger partial charge < -0.3 is 10.1 Å². The summed E-state index contributed by atoms with van der Waals surface area (Å²) in [6, 6.07) is 8.72. The van der Waals surface area contributed by atoms with Crippen molar-refractivity contribution >= 4 is 23.4 Å². The predicted octanol–water partition coefficient (Wildman–Crippen LogP) is 4.55. The highest BCUT2D eigenvalue weighted by Crippen LogP contribution is 2.38. The smallest absolute Gasteiger partial charge is 0.410 e. The van der Waals surface area contributed by atoms with Crippen LogP contribution in [-0.2, 0) is 16.4 Å². The summed E-state index contributed by atoms with van der Waals surface area (Å²) >= 11 is 0. The molecule has 1 aliphatic heterocycles. The fourth-order valence-electron chi connectivity index (χ4n) is 2.63. The van der Waals surface area contributed by atoms with E-state index in [0.29, 0.717) is 11.4 Å². The van der Waals surface area contributed by atoms with Gasteiger partial charge in [0.15, 0.2) is 0 Å². The van der Waals surface area contributed by atoms with E-state index in [4.69, 9.17) is 4.74 Å². The Bertz CT molecular complexity index is 874. The Morgan fingerprint density at radius 1 is 1.12 bits per heavy atom. The first-order chi connectivity index (χ1) is 12.1. The van der Waals surface area contributed by atoms with Crippen LogP contribution in [0.3, 0.4) is 0 Å². The number of hydrogen-bond donors (Lipinski definition) is 2. The van der Waals surface area contributed by atoms with Crippen LogP contribution in [0.5, 0.6) is 5.75 Å². The molecule has 1 heterocycles. The van der Waals surface area contributed by atoms with Gasteiger partial charge in [-0.3, -0.25) is 10.1 Å². The highest BCUT2D eigenvalue weighted by atomic mass is 19.4. The Balaban J connectivity index is 1.68. The summed E-state index contributed by atoms with van der Waals surface area (Å²) in [4.78, 5) is 23.8. The van der Waals surface area contributed by atoms with E-state index in [9.17, 15) is 22.8 Å². The third-order valence-electron chi connectivity index (χ3n) is 4.15.